The summed E-state index contributed by atoms with van der Waals surface area (Å²) in [6.07, 6.45) is 0.702. The summed E-state index contributed by atoms with van der Waals surface area (Å²) in [7, 11) is 4.01. The number of rotatable bonds is 2. The number of likely N-dealkylation sites (N-methyl/N-ethyl adjacent to an activating group) is 1. The minimum absolute atomic E-state index is 0.196. The number of hydrogen-bond acceptors (Lipinski definition) is 4. The molecule has 0 spiro atoms. The zero-order chi connectivity index (χ0) is 11.6. The van der Waals surface area contributed by atoms with Crippen molar-refractivity contribution in [1.29, 1.82) is 0 Å². The largest absolute Gasteiger partial charge is 0.458 e. The summed E-state index contributed by atoms with van der Waals surface area (Å²) < 4.78 is 11.0. The predicted molar refractivity (Wildman–Crippen MR) is 57.7 cm³/mol. The molecule has 4 nitrogen and oxygen atoms in total. The van der Waals surface area contributed by atoms with Crippen LogP contribution in [-0.2, 0) is 14.3 Å². The normalized spacial score (nSPS) is 30.3. The van der Waals surface area contributed by atoms with Gasteiger partial charge in [0.05, 0.1) is 6.04 Å². The summed E-state index contributed by atoms with van der Waals surface area (Å²) in [4.78, 5) is 13.2. The van der Waals surface area contributed by atoms with Crippen LogP contribution in [0.5, 0.6) is 0 Å². The average Bonchev–Trinajstić information content (AvgIpc) is 2.07. The third-order valence-corrected chi connectivity index (χ3v) is 2.88. The van der Waals surface area contributed by atoms with Gasteiger partial charge >= 0.3 is 5.97 Å². The van der Waals surface area contributed by atoms with Gasteiger partial charge in [0.15, 0.2) is 0 Å². The van der Waals surface area contributed by atoms with Gasteiger partial charge in [0.2, 0.25) is 0 Å². The Hall–Kier alpha value is -0.610. The topological polar surface area (TPSA) is 38.8 Å². The molecule has 88 valence electrons. The Kier molecular flexibility index (Phi) is 3.73. The van der Waals surface area contributed by atoms with Crippen molar-refractivity contribution in [1.82, 2.24) is 4.90 Å². The van der Waals surface area contributed by atoms with Crippen molar-refractivity contribution in [3.8, 4) is 0 Å². The first-order valence-corrected chi connectivity index (χ1v) is 5.32. The second-order valence-corrected chi connectivity index (χ2v) is 4.80. The Labute approximate surface area is 91.5 Å². The van der Waals surface area contributed by atoms with Gasteiger partial charge in [0.25, 0.3) is 0 Å². The molecule has 2 atom stereocenters. The molecular formula is C11H21NO3. The number of hydrogen-bond donors (Lipinski definition) is 0. The lowest BCUT2D eigenvalue weighted by molar-refractivity contribution is -0.192. The molecule has 1 saturated heterocycles. The maximum absolute atomic E-state index is 11.1. The van der Waals surface area contributed by atoms with E-state index in [-0.39, 0.29) is 18.1 Å². The Balaban J connectivity index is 2.81. The highest BCUT2D eigenvalue weighted by atomic mass is 16.6. The highest BCUT2D eigenvalue weighted by Crippen LogP contribution is 2.29. The lowest BCUT2D eigenvalue weighted by atomic mass is 9.89. The highest BCUT2D eigenvalue weighted by Gasteiger charge is 2.43. The van der Waals surface area contributed by atoms with E-state index in [1.165, 1.54) is 6.92 Å². The van der Waals surface area contributed by atoms with E-state index >= 15 is 0 Å². The number of carbonyl (C=O) groups is 1. The Morgan fingerprint density at radius 3 is 2.53 bits per heavy atom. The van der Waals surface area contributed by atoms with Gasteiger partial charge in [-0.15, -0.1) is 0 Å². The van der Waals surface area contributed by atoms with Crippen LogP contribution >= 0.6 is 0 Å². The predicted octanol–water partition coefficient (Wildman–Crippen LogP) is 1.05. The molecule has 0 radical (unpaired) electrons. The van der Waals surface area contributed by atoms with Crippen molar-refractivity contribution in [2.24, 2.45) is 0 Å². The van der Waals surface area contributed by atoms with E-state index in [9.17, 15) is 4.79 Å². The van der Waals surface area contributed by atoms with Crippen molar-refractivity contribution >= 4 is 5.97 Å². The van der Waals surface area contributed by atoms with Crippen LogP contribution in [0.15, 0.2) is 0 Å². The summed E-state index contributed by atoms with van der Waals surface area (Å²) in [5.41, 5.74) is -0.404. The van der Waals surface area contributed by atoms with Gasteiger partial charge in [-0.1, -0.05) is 0 Å². The molecule has 0 amide bonds. The first-order chi connectivity index (χ1) is 6.84. The zero-order valence-corrected chi connectivity index (χ0v) is 10.2. The van der Waals surface area contributed by atoms with Crippen molar-refractivity contribution < 1.29 is 14.3 Å². The fourth-order valence-corrected chi connectivity index (χ4v) is 2.07. The monoisotopic (exact) mass is 215 g/mol. The van der Waals surface area contributed by atoms with Crippen molar-refractivity contribution in [2.45, 2.75) is 44.9 Å². The van der Waals surface area contributed by atoms with E-state index in [4.69, 9.17) is 9.47 Å². The standard InChI is InChI=1S/C11H21NO3/c1-8(13)15-10-9(12(4)5)6-7-14-11(10,2)3/h9-10H,6-7H2,1-5H3/t9-,10+/m0/s1. The molecule has 15 heavy (non-hydrogen) atoms. The second kappa shape index (κ2) is 4.49. The van der Waals surface area contributed by atoms with Crippen LogP contribution in [-0.4, -0.2) is 49.3 Å². The molecule has 0 saturated carbocycles. The smallest absolute Gasteiger partial charge is 0.303 e. The number of carbonyl (C=O) groups excluding carboxylic acids is 1. The lowest BCUT2D eigenvalue weighted by Gasteiger charge is -2.45. The fourth-order valence-electron chi connectivity index (χ4n) is 2.07. The molecular weight excluding hydrogens is 194 g/mol. The zero-order valence-electron chi connectivity index (χ0n) is 10.2. The van der Waals surface area contributed by atoms with Crippen LogP contribution in [0.25, 0.3) is 0 Å². The van der Waals surface area contributed by atoms with Crippen LogP contribution in [0, 0.1) is 0 Å². The van der Waals surface area contributed by atoms with Gasteiger partial charge in [-0.2, -0.15) is 0 Å². The molecule has 1 aliphatic rings. The summed E-state index contributed by atoms with van der Waals surface area (Å²) in [5, 5.41) is 0. The van der Waals surface area contributed by atoms with Crippen LogP contribution in [0.4, 0.5) is 0 Å². The molecule has 0 aliphatic carbocycles. The first kappa shape index (κ1) is 12.5. The summed E-state index contributed by atoms with van der Waals surface area (Å²) >= 11 is 0. The third-order valence-electron chi connectivity index (χ3n) is 2.88. The van der Waals surface area contributed by atoms with Crippen molar-refractivity contribution in [3.63, 3.8) is 0 Å². The molecule has 1 heterocycles. The quantitative estimate of drug-likeness (QED) is 0.645. The van der Waals surface area contributed by atoms with Gasteiger partial charge in [-0.25, -0.2) is 0 Å². The van der Waals surface area contributed by atoms with Crippen molar-refractivity contribution in [3.05, 3.63) is 0 Å². The van der Waals surface area contributed by atoms with Crippen LogP contribution in [0.3, 0.4) is 0 Å². The summed E-state index contributed by atoms with van der Waals surface area (Å²) in [5.74, 6) is -0.245. The Bertz CT molecular complexity index is 238. The molecule has 0 bridgehead atoms. The molecule has 0 aromatic carbocycles. The van der Waals surface area contributed by atoms with Gasteiger partial charge < -0.3 is 14.4 Å². The minimum Gasteiger partial charge on any atom is -0.458 e. The third kappa shape index (κ3) is 2.92. The highest BCUT2D eigenvalue weighted by molar-refractivity contribution is 5.66. The number of esters is 1. The molecule has 0 aromatic heterocycles. The van der Waals surface area contributed by atoms with E-state index < -0.39 is 5.60 Å². The van der Waals surface area contributed by atoms with Crippen LogP contribution in [0.1, 0.15) is 27.2 Å². The number of ether oxygens (including phenoxy) is 2. The Morgan fingerprint density at radius 2 is 2.07 bits per heavy atom. The molecule has 0 aromatic rings. The average molecular weight is 215 g/mol. The van der Waals surface area contributed by atoms with Crippen molar-refractivity contribution in [2.75, 3.05) is 20.7 Å². The number of nitrogens with zero attached hydrogens (tertiary/aromatic N) is 1. The van der Waals surface area contributed by atoms with Crippen LogP contribution in [0.2, 0.25) is 0 Å². The molecule has 0 unspecified atom stereocenters. The molecule has 4 heteroatoms. The molecule has 1 fully saturated rings. The second-order valence-electron chi connectivity index (χ2n) is 4.80. The first-order valence-electron chi connectivity index (χ1n) is 5.32. The molecule has 0 N–H and O–H groups in total. The maximum Gasteiger partial charge on any atom is 0.303 e. The summed E-state index contributed by atoms with van der Waals surface area (Å²) in [6, 6.07) is 0.234. The lowest BCUT2D eigenvalue weighted by Crippen LogP contribution is -2.57. The van der Waals surface area contributed by atoms with E-state index in [0.29, 0.717) is 6.61 Å². The van der Waals surface area contributed by atoms with Gasteiger partial charge in [-0.3, -0.25) is 4.79 Å². The van der Waals surface area contributed by atoms with Gasteiger partial charge in [-0.05, 0) is 34.4 Å². The van der Waals surface area contributed by atoms with Gasteiger partial charge in [0.1, 0.15) is 11.7 Å². The Morgan fingerprint density at radius 1 is 1.47 bits per heavy atom. The SMILES string of the molecule is CC(=O)O[C@@H]1[C@@H](N(C)C)CCOC1(C)C. The van der Waals surface area contributed by atoms with E-state index in [1.807, 2.05) is 27.9 Å². The molecule has 1 rings (SSSR count). The molecule has 1 aliphatic heterocycles. The van der Waals surface area contributed by atoms with E-state index in [1.54, 1.807) is 0 Å². The minimum atomic E-state index is -0.404. The van der Waals surface area contributed by atoms with Gasteiger partial charge in [0, 0.05) is 13.5 Å². The van der Waals surface area contributed by atoms with E-state index in [2.05, 4.69) is 4.90 Å². The fraction of sp³-hybridized carbons (Fsp3) is 0.909. The van der Waals surface area contributed by atoms with E-state index in [0.717, 1.165) is 6.42 Å². The summed E-state index contributed by atoms with van der Waals surface area (Å²) in [6.45, 7) is 6.09. The maximum atomic E-state index is 11.1. The van der Waals surface area contributed by atoms with Crippen LogP contribution < -0.4 is 0 Å².